The monoisotopic (exact) mass is 473 g/mol. The van der Waals surface area contributed by atoms with Gasteiger partial charge in [0.1, 0.15) is 5.82 Å². The molecule has 1 aliphatic rings. The Balaban J connectivity index is 1.61. The summed E-state index contributed by atoms with van der Waals surface area (Å²) in [7, 11) is -4.43. The molecule has 0 spiro atoms. The van der Waals surface area contributed by atoms with Gasteiger partial charge < -0.3 is 4.74 Å². The fourth-order valence-electron chi connectivity index (χ4n) is 3.42. The van der Waals surface area contributed by atoms with Crippen molar-refractivity contribution >= 4 is 21.8 Å². The minimum atomic E-state index is -4.84. The Morgan fingerprint density at radius 3 is 2.22 bits per heavy atom. The maximum atomic E-state index is 13.6. The molecule has 0 unspecified atom stereocenters. The number of ether oxygens (including phenoxy) is 1. The molecule has 3 rings (SSSR count). The van der Waals surface area contributed by atoms with Crippen LogP contribution in [0.3, 0.4) is 0 Å². The van der Waals surface area contributed by atoms with Crippen molar-refractivity contribution in [2.45, 2.75) is 23.9 Å². The Morgan fingerprint density at radius 1 is 1.00 bits per heavy atom. The third-order valence-corrected chi connectivity index (χ3v) is 7.07. The highest BCUT2D eigenvalue weighted by Crippen LogP contribution is 2.36. The standard InChI is InChI=1S/C21H19F4NO5S/c22-17-7-3-1-5-15(17)18(27)13-31-20(28)14-9-11-26(12-10-14)32(29,30)19-8-4-2-6-16(19)21(23,24)25/h1-8,14H,9-13H2. The number of benzene rings is 2. The van der Waals surface area contributed by atoms with Gasteiger partial charge in [0.25, 0.3) is 0 Å². The predicted octanol–water partition coefficient (Wildman–Crippen LogP) is 3.67. The first-order valence-corrected chi connectivity index (χ1v) is 11.1. The Hall–Kier alpha value is -2.79. The van der Waals surface area contributed by atoms with E-state index >= 15 is 0 Å². The molecule has 0 aromatic heterocycles. The van der Waals surface area contributed by atoms with Crippen LogP contribution in [-0.2, 0) is 25.7 Å². The number of piperidine rings is 1. The van der Waals surface area contributed by atoms with Gasteiger partial charge in [0.2, 0.25) is 15.8 Å². The molecule has 2 aromatic carbocycles. The molecule has 1 aliphatic heterocycles. The maximum Gasteiger partial charge on any atom is 0.417 e. The number of halogens is 4. The first kappa shape index (κ1) is 23.9. The van der Waals surface area contributed by atoms with Crippen molar-refractivity contribution in [2.24, 2.45) is 5.92 Å². The molecule has 0 aliphatic carbocycles. The third-order valence-electron chi connectivity index (χ3n) is 5.12. The topological polar surface area (TPSA) is 80.8 Å². The number of hydrogen-bond acceptors (Lipinski definition) is 5. The number of Topliss-reactive ketones (excluding diaryl/α,β-unsaturated/α-hetero) is 1. The number of sulfonamides is 1. The molecule has 32 heavy (non-hydrogen) atoms. The van der Waals surface area contributed by atoms with E-state index in [1.165, 1.54) is 24.3 Å². The van der Waals surface area contributed by atoms with Crippen LogP contribution in [0.25, 0.3) is 0 Å². The fraction of sp³-hybridized carbons (Fsp3) is 0.333. The number of nitrogens with zero attached hydrogens (tertiary/aromatic N) is 1. The Labute approximate surface area is 181 Å². The number of alkyl halides is 3. The zero-order chi connectivity index (χ0) is 23.5. The van der Waals surface area contributed by atoms with Gasteiger partial charge in [-0.05, 0) is 37.1 Å². The molecular weight excluding hydrogens is 454 g/mol. The van der Waals surface area contributed by atoms with Gasteiger partial charge >= 0.3 is 12.1 Å². The zero-order valence-corrected chi connectivity index (χ0v) is 17.5. The summed E-state index contributed by atoms with van der Waals surface area (Å²) in [5, 5.41) is 0. The van der Waals surface area contributed by atoms with E-state index in [2.05, 4.69) is 0 Å². The van der Waals surface area contributed by atoms with Crippen molar-refractivity contribution in [1.82, 2.24) is 4.31 Å². The molecule has 0 radical (unpaired) electrons. The molecule has 6 nitrogen and oxygen atoms in total. The SMILES string of the molecule is O=C(COC(=O)C1CCN(S(=O)(=O)c2ccccc2C(F)(F)F)CC1)c1ccccc1F. The summed E-state index contributed by atoms with van der Waals surface area (Å²) in [5.41, 5.74) is -1.47. The van der Waals surface area contributed by atoms with Crippen LogP contribution >= 0.6 is 0 Å². The zero-order valence-electron chi connectivity index (χ0n) is 16.6. The van der Waals surface area contributed by atoms with Crippen LogP contribution in [-0.4, -0.2) is 44.2 Å². The highest BCUT2D eigenvalue weighted by atomic mass is 32.2. The van der Waals surface area contributed by atoms with Crippen molar-refractivity contribution in [3.63, 3.8) is 0 Å². The molecule has 0 saturated carbocycles. The van der Waals surface area contributed by atoms with E-state index in [-0.39, 0.29) is 31.5 Å². The van der Waals surface area contributed by atoms with Crippen LogP contribution in [0.2, 0.25) is 0 Å². The van der Waals surface area contributed by atoms with E-state index < -0.39 is 56.8 Å². The highest BCUT2D eigenvalue weighted by molar-refractivity contribution is 7.89. The summed E-state index contributed by atoms with van der Waals surface area (Å²) >= 11 is 0. The van der Waals surface area contributed by atoms with E-state index in [1.54, 1.807) is 0 Å². The first-order valence-electron chi connectivity index (χ1n) is 9.62. The van der Waals surface area contributed by atoms with Gasteiger partial charge in [-0.2, -0.15) is 17.5 Å². The lowest BCUT2D eigenvalue weighted by molar-refractivity contribution is -0.148. The molecule has 172 valence electrons. The predicted molar refractivity (Wildman–Crippen MR) is 105 cm³/mol. The molecule has 2 aromatic rings. The molecule has 1 fully saturated rings. The lowest BCUT2D eigenvalue weighted by atomic mass is 9.98. The summed E-state index contributed by atoms with van der Waals surface area (Å²) < 4.78 is 84.6. The molecule has 1 heterocycles. The second-order valence-corrected chi connectivity index (χ2v) is 9.09. The Bertz CT molecular complexity index is 1110. The van der Waals surface area contributed by atoms with E-state index in [9.17, 15) is 35.6 Å². The maximum absolute atomic E-state index is 13.6. The smallest absolute Gasteiger partial charge is 0.417 e. The normalized spacial score (nSPS) is 16.0. The van der Waals surface area contributed by atoms with Crippen LogP contribution in [0.4, 0.5) is 17.6 Å². The molecule has 0 N–H and O–H groups in total. The second kappa shape index (κ2) is 9.37. The van der Waals surface area contributed by atoms with E-state index in [0.717, 1.165) is 22.5 Å². The number of rotatable bonds is 6. The number of carbonyl (C=O) groups is 2. The van der Waals surface area contributed by atoms with Gasteiger partial charge in [-0.1, -0.05) is 24.3 Å². The summed E-state index contributed by atoms with van der Waals surface area (Å²) in [6, 6.07) is 9.13. The highest BCUT2D eigenvalue weighted by Gasteiger charge is 2.40. The molecule has 0 bridgehead atoms. The van der Waals surface area contributed by atoms with E-state index in [0.29, 0.717) is 6.07 Å². The minimum Gasteiger partial charge on any atom is -0.457 e. The molecule has 0 atom stereocenters. The quantitative estimate of drug-likeness (QED) is 0.363. The van der Waals surface area contributed by atoms with Gasteiger partial charge in [0.15, 0.2) is 6.61 Å². The molecule has 11 heteroatoms. The largest absolute Gasteiger partial charge is 0.457 e. The van der Waals surface area contributed by atoms with Crippen molar-refractivity contribution in [3.8, 4) is 0 Å². The van der Waals surface area contributed by atoms with Crippen molar-refractivity contribution < 1.29 is 40.3 Å². The van der Waals surface area contributed by atoms with Gasteiger partial charge in [-0.15, -0.1) is 0 Å². The average molecular weight is 473 g/mol. The van der Waals surface area contributed by atoms with Gasteiger partial charge in [-0.3, -0.25) is 9.59 Å². The number of hydrogen-bond donors (Lipinski definition) is 0. The van der Waals surface area contributed by atoms with Crippen LogP contribution in [0, 0.1) is 11.7 Å². The van der Waals surface area contributed by atoms with Crippen molar-refractivity contribution in [1.29, 1.82) is 0 Å². The van der Waals surface area contributed by atoms with Gasteiger partial charge in [0.05, 0.1) is 21.9 Å². The third kappa shape index (κ3) is 5.16. The molecular formula is C21H19F4NO5S. The van der Waals surface area contributed by atoms with E-state index in [1.807, 2.05) is 0 Å². The van der Waals surface area contributed by atoms with Gasteiger partial charge in [-0.25, -0.2) is 12.8 Å². The van der Waals surface area contributed by atoms with Crippen LogP contribution in [0.1, 0.15) is 28.8 Å². The summed E-state index contributed by atoms with van der Waals surface area (Å²) in [6.07, 6.45) is -4.81. The summed E-state index contributed by atoms with van der Waals surface area (Å²) in [6.45, 7) is -1.04. The Morgan fingerprint density at radius 2 is 1.59 bits per heavy atom. The van der Waals surface area contributed by atoms with Crippen LogP contribution in [0.15, 0.2) is 53.4 Å². The molecule has 0 amide bonds. The van der Waals surface area contributed by atoms with Crippen LogP contribution in [0.5, 0.6) is 0 Å². The summed E-state index contributed by atoms with van der Waals surface area (Å²) in [5.74, 6) is -2.94. The van der Waals surface area contributed by atoms with Crippen molar-refractivity contribution in [2.75, 3.05) is 19.7 Å². The lowest BCUT2D eigenvalue weighted by Crippen LogP contribution is -2.41. The molecule has 1 saturated heterocycles. The Kier molecular flexibility index (Phi) is 6.99. The lowest BCUT2D eigenvalue weighted by Gasteiger charge is -2.30. The van der Waals surface area contributed by atoms with E-state index in [4.69, 9.17) is 4.74 Å². The van der Waals surface area contributed by atoms with Crippen molar-refractivity contribution in [3.05, 3.63) is 65.5 Å². The van der Waals surface area contributed by atoms with Crippen LogP contribution < -0.4 is 0 Å². The summed E-state index contributed by atoms with van der Waals surface area (Å²) in [4.78, 5) is 23.4. The number of carbonyl (C=O) groups excluding carboxylic acids is 2. The minimum absolute atomic E-state index is 0.0140. The van der Waals surface area contributed by atoms with Gasteiger partial charge in [0, 0.05) is 13.1 Å². The first-order chi connectivity index (χ1) is 15.0. The average Bonchev–Trinajstić information content (AvgIpc) is 2.77. The number of ketones is 1. The second-order valence-electron chi connectivity index (χ2n) is 7.18. The fourth-order valence-corrected chi connectivity index (χ4v) is 5.10. The number of esters is 1.